The van der Waals surface area contributed by atoms with Crippen LogP contribution >= 0.6 is 0 Å². The number of hydrogen-bond acceptors (Lipinski definition) is 4. The van der Waals surface area contributed by atoms with Crippen LogP contribution in [0.2, 0.25) is 0 Å². The largest absolute Gasteiger partial charge is 0.389 e. The van der Waals surface area contributed by atoms with E-state index in [0.717, 1.165) is 16.8 Å². The molecule has 10 nitrogen and oxygen atoms in total. The molecular weight excluding hydrogens is 416 g/mol. The Morgan fingerprint density at radius 1 is 1.24 bits per heavy atom. The van der Waals surface area contributed by atoms with Crippen molar-refractivity contribution < 1.29 is 0 Å². The normalized spacial score (nSPS) is 13.0. The van der Waals surface area contributed by atoms with E-state index in [4.69, 9.17) is 11.1 Å². The molecule has 0 fully saturated rings. The van der Waals surface area contributed by atoms with Gasteiger partial charge in [-0.2, -0.15) is 5.10 Å². The first-order valence-electron chi connectivity index (χ1n) is 10.8. The summed E-state index contributed by atoms with van der Waals surface area (Å²) in [6.07, 6.45) is 10.6. The molecule has 5 N–H and O–H groups in total. The molecule has 0 radical (unpaired) electrons. The summed E-state index contributed by atoms with van der Waals surface area (Å²) < 4.78 is 3.64. The summed E-state index contributed by atoms with van der Waals surface area (Å²) in [5, 5.41) is 16.3. The molecule has 0 atom stereocenters. The molecule has 0 saturated heterocycles. The van der Waals surface area contributed by atoms with Crippen molar-refractivity contribution in [2.45, 2.75) is 46.7 Å². The molecule has 0 unspecified atom stereocenters. The van der Waals surface area contributed by atoms with Gasteiger partial charge in [-0.1, -0.05) is 0 Å². The molecule has 0 aliphatic heterocycles. The van der Waals surface area contributed by atoms with Crippen LogP contribution in [0.3, 0.4) is 0 Å². The maximum Gasteiger partial charge on any atom is 0.190 e. The summed E-state index contributed by atoms with van der Waals surface area (Å²) in [4.78, 5) is 16.4. The summed E-state index contributed by atoms with van der Waals surface area (Å²) in [5.74, 6) is 0.965. The summed E-state index contributed by atoms with van der Waals surface area (Å²) in [6, 6.07) is 2.52. The molecule has 33 heavy (non-hydrogen) atoms. The van der Waals surface area contributed by atoms with Crippen molar-refractivity contribution >= 4 is 17.5 Å². The Kier molecular flexibility index (Phi) is 7.27. The van der Waals surface area contributed by atoms with Gasteiger partial charge in [0.2, 0.25) is 0 Å². The van der Waals surface area contributed by atoms with Crippen molar-refractivity contribution in [3.05, 3.63) is 60.2 Å². The highest BCUT2D eigenvalue weighted by atomic mass is 15.3. The maximum atomic E-state index is 8.46. The van der Waals surface area contributed by atoms with Gasteiger partial charge >= 0.3 is 0 Å². The molecule has 0 aromatic carbocycles. The third kappa shape index (κ3) is 5.65. The Hall–Kier alpha value is -3.95. The van der Waals surface area contributed by atoms with Crippen LogP contribution in [-0.2, 0) is 7.05 Å². The fourth-order valence-corrected chi connectivity index (χ4v) is 3.14. The molecule has 3 aromatic rings. The van der Waals surface area contributed by atoms with E-state index in [2.05, 4.69) is 44.2 Å². The van der Waals surface area contributed by atoms with Gasteiger partial charge in [0, 0.05) is 55.7 Å². The lowest BCUT2D eigenvalue weighted by atomic mass is 10.1. The number of hydrogen-bond donors (Lipinski definition) is 4. The van der Waals surface area contributed by atoms with E-state index in [1.54, 1.807) is 29.2 Å². The fraction of sp³-hybridized carbons (Fsp3) is 0.348. The van der Waals surface area contributed by atoms with Crippen LogP contribution < -0.4 is 11.1 Å². The minimum absolute atomic E-state index is 0.0158. The molecule has 3 aromatic heterocycles. The quantitative estimate of drug-likeness (QED) is 0.326. The first kappa shape index (κ1) is 23.7. The number of aromatic amines is 1. The number of rotatable bonds is 7. The van der Waals surface area contributed by atoms with Crippen LogP contribution in [0, 0.1) is 12.3 Å². The SMILES string of the molecule is Cc1c(-c2ccn(C(C)C)n2)c[nH]c1C(N=C(N)/C=C\NC(C)C)=NC(=N)c1nccn1C. The van der Waals surface area contributed by atoms with Crippen molar-refractivity contribution in [3.63, 3.8) is 0 Å². The van der Waals surface area contributed by atoms with E-state index in [1.807, 2.05) is 51.0 Å². The third-order valence-corrected chi connectivity index (χ3v) is 4.95. The van der Waals surface area contributed by atoms with Gasteiger partial charge in [0.25, 0.3) is 0 Å². The number of imidazole rings is 1. The van der Waals surface area contributed by atoms with Crippen molar-refractivity contribution in [1.29, 1.82) is 5.41 Å². The highest BCUT2D eigenvalue weighted by Crippen LogP contribution is 2.25. The third-order valence-electron chi connectivity index (χ3n) is 4.95. The van der Waals surface area contributed by atoms with Crippen molar-refractivity contribution in [2.75, 3.05) is 0 Å². The molecule has 0 bridgehead atoms. The predicted molar refractivity (Wildman–Crippen MR) is 133 cm³/mol. The standard InChI is InChI=1S/C23H32N10/c1-14(2)26-9-7-19(24)29-22(30-21(25)23-27-10-12-32(23)6)20-16(5)17(13-28-20)18-8-11-33(31-18)15(3)4/h7-15,26,28H,1-6H3,(H3,24,25,29,30)/b9-7-. The van der Waals surface area contributed by atoms with Crippen molar-refractivity contribution in [1.82, 2.24) is 29.6 Å². The summed E-state index contributed by atoms with van der Waals surface area (Å²) in [6.45, 7) is 10.2. The number of amidine groups is 3. The topological polar surface area (TPSA) is 138 Å². The molecule has 0 amide bonds. The lowest BCUT2D eigenvalue weighted by Crippen LogP contribution is -2.19. The molecule has 3 rings (SSSR count). The van der Waals surface area contributed by atoms with Gasteiger partial charge < -0.3 is 20.6 Å². The predicted octanol–water partition coefficient (Wildman–Crippen LogP) is 3.14. The number of aryl methyl sites for hydroxylation is 1. The van der Waals surface area contributed by atoms with E-state index in [-0.39, 0.29) is 23.8 Å². The number of aliphatic imine (C=N–C) groups is 2. The number of nitrogens with two attached hydrogens (primary N) is 1. The lowest BCUT2D eigenvalue weighted by Gasteiger charge is -2.06. The molecule has 0 spiro atoms. The lowest BCUT2D eigenvalue weighted by molar-refractivity contribution is 0.534. The minimum atomic E-state index is -0.0158. The van der Waals surface area contributed by atoms with Crippen LogP contribution in [0.5, 0.6) is 0 Å². The Bertz CT molecular complexity index is 1200. The van der Waals surface area contributed by atoms with Gasteiger partial charge in [-0.3, -0.25) is 10.1 Å². The van der Waals surface area contributed by atoms with Crippen LogP contribution in [-0.4, -0.2) is 47.9 Å². The second kappa shape index (κ2) is 10.1. The molecule has 10 heteroatoms. The Labute approximate surface area is 193 Å². The van der Waals surface area contributed by atoms with Crippen LogP contribution in [0.4, 0.5) is 0 Å². The van der Waals surface area contributed by atoms with Gasteiger partial charge in [0.15, 0.2) is 17.5 Å². The van der Waals surface area contributed by atoms with Crippen molar-refractivity contribution in [3.8, 4) is 11.3 Å². The fourth-order valence-electron chi connectivity index (χ4n) is 3.14. The maximum absolute atomic E-state index is 8.46. The van der Waals surface area contributed by atoms with Crippen LogP contribution in [0.1, 0.15) is 50.8 Å². The summed E-state index contributed by atoms with van der Waals surface area (Å²) in [5.41, 5.74) is 9.51. The van der Waals surface area contributed by atoms with Gasteiger partial charge in [-0.05, 0) is 52.3 Å². The molecular formula is C23H32N10. The number of nitrogens with zero attached hydrogens (tertiary/aromatic N) is 6. The van der Waals surface area contributed by atoms with Crippen LogP contribution in [0.25, 0.3) is 11.3 Å². The Balaban J connectivity index is 2.03. The Morgan fingerprint density at radius 2 is 2.00 bits per heavy atom. The summed E-state index contributed by atoms with van der Waals surface area (Å²) >= 11 is 0. The van der Waals surface area contributed by atoms with E-state index in [1.165, 1.54) is 0 Å². The Morgan fingerprint density at radius 3 is 2.61 bits per heavy atom. The second-order valence-corrected chi connectivity index (χ2v) is 8.31. The van der Waals surface area contributed by atoms with E-state index in [0.29, 0.717) is 17.4 Å². The molecule has 3 heterocycles. The van der Waals surface area contributed by atoms with E-state index in [9.17, 15) is 0 Å². The first-order valence-corrected chi connectivity index (χ1v) is 10.8. The molecule has 0 aliphatic carbocycles. The molecule has 174 valence electrons. The highest BCUT2D eigenvalue weighted by Gasteiger charge is 2.18. The average Bonchev–Trinajstić information content (AvgIpc) is 3.46. The van der Waals surface area contributed by atoms with E-state index < -0.39 is 0 Å². The average molecular weight is 449 g/mol. The minimum Gasteiger partial charge on any atom is -0.389 e. The number of aromatic nitrogens is 5. The number of nitrogens with one attached hydrogen (secondary N) is 3. The van der Waals surface area contributed by atoms with Gasteiger partial charge in [0.05, 0.1) is 11.4 Å². The zero-order valence-electron chi connectivity index (χ0n) is 20.0. The molecule has 0 aliphatic rings. The smallest absolute Gasteiger partial charge is 0.190 e. The van der Waals surface area contributed by atoms with Gasteiger partial charge in [-0.15, -0.1) is 0 Å². The zero-order valence-corrected chi connectivity index (χ0v) is 20.0. The molecule has 0 saturated carbocycles. The van der Waals surface area contributed by atoms with Crippen LogP contribution in [0.15, 0.2) is 53.1 Å². The summed E-state index contributed by atoms with van der Waals surface area (Å²) in [7, 11) is 1.81. The van der Waals surface area contributed by atoms with E-state index >= 15 is 0 Å². The second-order valence-electron chi connectivity index (χ2n) is 8.31. The number of H-pyrrole nitrogens is 1. The zero-order chi connectivity index (χ0) is 24.1. The van der Waals surface area contributed by atoms with Gasteiger partial charge in [0.1, 0.15) is 5.84 Å². The monoisotopic (exact) mass is 448 g/mol. The van der Waals surface area contributed by atoms with Gasteiger partial charge in [-0.25, -0.2) is 15.0 Å². The first-order chi connectivity index (χ1) is 15.7. The highest BCUT2D eigenvalue weighted by molar-refractivity contribution is 6.14. The van der Waals surface area contributed by atoms with Crippen molar-refractivity contribution in [2.24, 2.45) is 22.8 Å².